The number of rotatable bonds is 13. The molecule has 0 aliphatic carbocycles. The fourth-order valence-corrected chi connectivity index (χ4v) is 3.84. The zero-order chi connectivity index (χ0) is 29.3. The van der Waals surface area contributed by atoms with E-state index >= 15 is 0 Å². The molecule has 0 aliphatic rings. The Kier molecular flexibility index (Phi) is 12.4. The Bertz CT molecular complexity index is 993. The maximum Gasteiger partial charge on any atom is 0.326 e. The summed E-state index contributed by atoms with van der Waals surface area (Å²) >= 11 is 0. The van der Waals surface area contributed by atoms with E-state index in [1.54, 1.807) is 39.8 Å². The van der Waals surface area contributed by atoms with Gasteiger partial charge in [0.15, 0.2) is 0 Å². The molecule has 0 fully saturated rings. The average molecular weight is 537 g/mol. The van der Waals surface area contributed by atoms with Gasteiger partial charge < -0.3 is 31.7 Å². The number of nitrogens with zero attached hydrogens (tertiary/aromatic N) is 1. The summed E-state index contributed by atoms with van der Waals surface area (Å²) in [5, 5.41) is 34.1. The predicted octanol–water partition coefficient (Wildman–Crippen LogP) is 0.143. The molecule has 12 heteroatoms. The van der Waals surface area contributed by atoms with Gasteiger partial charge in [0.2, 0.25) is 17.7 Å². The Morgan fingerprint density at radius 3 is 1.87 bits per heavy atom. The van der Waals surface area contributed by atoms with Gasteiger partial charge in [-0.05, 0) is 49.3 Å². The van der Waals surface area contributed by atoms with Crippen molar-refractivity contribution in [3.8, 4) is 5.75 Å². The molecule has 38 heavy (non-hydrogen) atoms. The monoisotopic (exact) mass is 536 g/mol. The molecule has 212 valence electrons. The predicted molar refractivity (Wildman–Crippen MR) is 139 cm³/mol. The number of phenols is 1. The van der Waals surface area contributed by atoms with Crippen molar-refractivity contribution in [2.24, 2.45) is 17.6 Å². The van der Waals surface area contributed by atoms with Crippen LogP contribution in [0.15, 0.2) is 24.3 Å². The molecular weight excluding hydrogens is 496 g/mol. The van der Waals surface area contributed by atoms with E-state index in [4.69, 9.17) is 5.73 Å². The van der Waals surface area contributed by atoms with E-state index in [9.17, 15) is 39.3 Å². The first-order valence-corrected chi connectivity index (χ1v) is 12.4. The third kappa shape index (κ3) is 9.42. The lowest BCUT2D eigenvalue weighted by Gasteiger charge is -2.33. The zero-order valence-corrected chi connectivity index (χ0v) is 22.7. The van der Waals surface area contributed by atoms with E-state index in [0.717, 1.165) is 6.92 Å². The maximum atomic E-state index is 13.4. The highest BCUT2D eigenvalue weighted by Crippen LogP contribution is 2.17. The number of phenolic OH excluding ortho intramolecular Hbond substituents is 1. The molecule has 1 aromatic carbocycles. The number of aliphatic hydroxyl groups excluding tert-OH is 1. The van der Waals surface area contributed by atoms with Gasteiger partial charge in [-0.15, -0.1) is 0 Å². The van der Waals surface area contributed by atoms with Crippen molar-refractivity contribution in [3.63, 3.8) is 0 Å². The second-order valence-electron chi connectivity index (χ2n) is 10.1. The Morgan fingerprint density at radius 2 is 1.45 bits per heavy atom. The lowest BCUT2D eigenvalue weighted by atomic mass is 9.97. The Hall–Kier alpha value is -3.51. The number of hydrogen-bond donors (Lipinski definition) is 6. The van der Waals surface area contributed by atoms with Gasteiger partial charge in [-0.1, -0.05) is 39.8 Å². The first-order chi connectivity index (χ1) is 17.6. The van der Waals surface area contributed by atoms with Crippen LogP contribution in [-0.2, 0) is 30.4 Å². The second kappa shape index (κ2) is 14.4. The number of hydrogen-bond acceptors (Lipinski definition) is 8. The number of aliphatic hydroxyl groups is 1. The number of aromatic hydroxyl groups is 1. The van der Waals surface area contributed by atoms with Gasteiger partial charge in [0.05, 0.1) is 12.1 Å². The molecule has 0 spiro atoms. The molecule has 5 atom stereocenters. The van der Waals surface area contributed by atoms with Gasteiger partial charge in [-0.3, -0.25) is 24.1 Å². The van der Waals surface area contributed by atoms with E-state index < -0.39 is 65.8 Å². The number of carboxylic acid groups (broad SMARTS) is 1. The minimum atomic E-state index is -1.49. The topological polar surface area (TPSA) is 199 Å². The molecule has 4 amide bonds. The standard InChI is InChI=1S/C26H40N4O8/c1-13(2)11-20(26(37)38)30(16(6)32)25(36)21(14(3)4)28-24(35)22(15(5)31)29-23(34)19(27)12-17-7-9-18(33)10-8-17/h7-10,13-15,19-22,31,33H,11-12,27H2,1-6H3,(H,28,35)(H,29,34)(H,37,38). The van der Waals surface area contributed by atoms with Crippen LogP contribution in [0.2, 0.25) is 0 Å². The lowest BCUT2D eigenvalue weighted by molar-refractivity contribution is -0.159. The van der Waals surface area contributed by atoms with Crippen molar-refractivity contribution in [3.05, 3.63) is 29.8 Å². The Balaban J connectivity index is 3.10. The molecule has 5 unspecified atom stereocenters. The van der Waals surface area contributed by atoms with E-state index in [-0.39, 0.29) is 24.5 Å². The molecule has 0 aliphatic heterocycles. The smallest absolute Gasteiger partial charge is 0.326 e. The quantitative estimate of drug-likeness (QED) is 0.203. The van der Waals surface area contributed by atoms with Crippen molar-refractivity contribution in [1.29, 1.82) is 0 Å². The number of nitrogens with two attached hydrogens (primary N) is 1. The van der Waals surface area contributed by atoms with Crippen LogP contribution in [0, 0.1) is 11.8 Å². The molecule has 0 saturated carbocycles. The molecule has 0 saturated heterocycles. The third-order valence-electron chi connectivity index (χ3n) is 5.89. The van der Waals surface area contributed by atoms with Crippen molar-refractivity contribution in [2.45, 2.75) is 84.7 Å². The summed E-state index contributed by atoms with van der Waals surface area (Å²) in [6, 6.07) is 0.739. The van der Waals surface area contributed by atoms with Crippen molar-refractivity contribution < 1.29 is 39.3 Å². The molecule has 1 rings (SSSR count). The fraction of sp³-hybridized carbons (Fsp3) is 0.577. The number of carbonyl (C=O) groups excluding carboxylic acids is 4. The largest absolute Gasteiger partial charge is 0.508 e. The Morgan fingerprint density at radius 1 is 0.921 bits per heavy atom. The van der Waals surface area contributed by atoms with E-state index in [2.05, 4.69) is 10.6 Å². The summed E-state index contributed by atoms with van der Waals surface area (Å²) in [7, 11) is 0. The average Bonchev–Trinajstić information content (AvgIpc) is 2.80. The lowest BCUT2D eigenvalue weighted by Crippen LogP contribution is -2.62. The fourth-order valence-electron chi connectivity index (χ4n) is 3.84. The maximum absolute atomic E-state index is 13.4. The number of carboxylic acids is 1. The number of benzene rings is 1. The molecular formula is C26H40N4O8. The van der Waals surface area contributed by atoms with Gasteiger partial charge in [0, 0.05) is 6.92 Å². The molecule has 7 N–H and O–H groups in total. The van der Waals surface area contributed by atoms with Crippen LogP contribution in [0.25, 0.3) is 0 Å². The molecule has 0 bridgehead atoms. The number of nitrogens with one attached hydrogen (secondary N) is 2. The molecule has 0 radical (unpaired) electrons. The summed E-state index contributed by atoms with van der Waals surface area (Å²) in [6.45, 7) is 9.05. The molecule has 0 aromatic heterocycles. The summed E-state index contributed by atoms with van der Waals surface area (Å²) in [6.07, 6.45) is -1.27. The first-order valence-electron chi connectivity index (χ1n) is 12.4. The summed E-state index contributed by atoms with van der Waals surface area (Å²) < 4.78 is 0. The van der Waals surface area contributed by atoms with Gasteiger partial charge in [0.25, 0.3) is 5.91 Å². The van der Waals surface area contributed by atoms with Crippen LogP contribution in [0.3, 0.4) is 0 Å². The SMILES string of the molecule is CC(=O)N(C(=O)C(NC(=O)C(NC(=O)C(N)Cc1ccc(O)cc1)C(C)O)C(C)C)C(CC(C)C)C(=O)O. The number of imide groups is 1. The minimum absolute atomic E-state index is 0.0185. The highest BCUT2D eigenvalue weighted by molar-refractivity contribution is 6.02. The van der Waals surface area contributed by atoms with Crippen molar-refractivity contribution in [2.75, 3.05) is 0 Å². The number of aliphatic carboxylic acids is 1. The molecule has 1 aromatic rings. The zero-order valence-electron chi connectivity index (χ0n) is 22.7. The van der Waals surface area contributed by atoms with Crippen LogP contribution >= 0.6 is 0 Å². The minimum Gasteiger partial charge on any atom is -0.508 e. The van der Waals surface area contributed by atoms with Gasteiger partial charge >= 0.3 is 5.97 Å². The number of carbonyl (C=O) groups is 5. The first kappa shape index (κ1) is 32.5. The van der Waals surface area contributed by atoms with Crippen LogP contribution in [0.4, 0.5) is 0 Å². The summed E-state index contributed by atoms with van der Waals surface area (Å²) in [5.41, 5.74) is 6.63. The molecule has 0 heterocycles. The normalized spacial score (nSPS) is 15.2. The van der Waals surface area contributed by atoms with Crippen LogP contribution in [0.5, 0.6) is 5.75 Å². The van der Waals surface area contributed by atoms with Crippen molar-refractivity contribution >= 4 is 29.6 Å². The molecule has 12 nitrogen and oxygen atoms in total. The highest BCUT2D eigenvalue weighted by Gasteiger charge is 2.40. The summed E-state index contributed by atoms with van der Waals surface area (Å²) in [5.74, 6) is -5.35. The highest BCUT2D eigenvalue weighted by atomic mass is 16.4. The van der Waals surface area contributed by atoms with Crippen molar-refractivity contribution in [1.82, 2.24) is 15.5 Å². The van der Waals surface area contributed by atoms with Crippen LogP contribution in [-0.4, -0.2) is 80.1 Å². The van der Waals surface area contributed by atoms with E-state index in [1.807, 2.05) is 0 Å². The van der Waals surface area contributed by atoms with E-state index in [0.29, 0.717) is 10.5 Å². The Labute approximate surface area is 222 Å². The summed E-state index contributed by atoms with van der Waals surface area (Å²) in [4.78, 5) is 64.1. The van der Waals surface area contributed by atoms with E-state index in [1.165, 1.54) is 19.1 Å². The van der Waals surface area contributed by atoms with Crippen LogP contribution in [0.1, 0.15) is 53.5 Å². The van der Waals surface area contributed by atoms with Gasteiger partial charge in [0.1, 0.15) is 23.9 Å². The van der Waals surface area contributed by atoms with Gasteiger partial charge in [-0.25, -0.2) is 4.79 Å². The van der Waals surface area contributed by atoms with Gasteiger partial charge in [-0.2, -0.15) is 0 Å². The van der Waals surface area contributed by atoms with Crippen LogP contribution < -0.4 is 16.4 Å². The number of amides is 4. The second-order valence-corrected chi connectivity index (χ2v) is 10.1. The third-order valence-corrected chi connectivity index (χ3v) is 5.89.